The van der Waals surface area contributed by atoms with Crippen molar-refractivity contribution in [3.8, 4) is 0 Å². The molecule has 0 spiro atoms. The van der Waals surface area contributed by atoms with Crippen LogP contribution in [0, 0.1) is 0 Å². The molecule has 1 atom stereocenters. The minimum absolute atomic E-state index is 0.00814. The van der Waals surface area contributed by atoms with Gasteiger partial charge < -0.3 is 15.5 Å². The average Bonchev–Trinajstić information content (AvgIpc) is 2.77. The molecule has 6 nitrogen and oxygen atoms in total. The van der Waals surface area contributed by atoms with Gasteiger partial charge in [-0.05, 0) is 29.7 Å². The Morgan fingerprint density at radius 3 is 2.31 bits per heavy atom. The highest BCUT2D eigenvalue weighted by atomic mass is 16.2. The predicted octanol–water partition coefficient (Wildman–Crippen LogP) is 1.81. The Morgan fingerprint density at radius 1 is 0.897 bits per heavy atom. The quantitative estimate of drug-likeness (QED) is 0.843. The number of hydrogen-bond donors (Lipinski definition) is 1. The van der Waals surface area contributed by atoms with Crippen molar-refractivity contribution in [2.75, 3.05) is 44.2 Å². The number of rotatable bonds is 5. The molecule has 0 radical (unpaired) electrons. The number of carbonyl (C=O) groups is 2. The maximum Gasteiger partial charge on any atom is 0.244 e. The molecule has 0 bridgehead atoms. The van der Waals surface area contributed by atoms with E-state index in [2.05, 4.69) is 34.1 Å². The summed E-state index contributed by atoms with van der Waals surface area (Å²) in [5.74, 6) is -0.448. The minimum Gasteiger partial charge on any atom is -0.369 e. The molecule has 2 heterocycles. The minimum atomic E-state index is -0.651. The van der Waals surface area contributed by atoms with E-state index in [-0.39, 0.29) is 5.91 Å². The van der Waals surface area contributed by atoms with Crippen LogP contribution >= 0.6 is 0 Å². The van der Waals surface area contributed by atoms with Gasteiger partial charge in [-0.25, -0.2) is 0 Å². The zero-order valence-electron chi connectivity index (χ0n) is 16.7. The van der Waals surface area contributed by atoms with Crippen LogP contribution in [0.15, 0.2) is 54.6 Å². The van der Waals surface area contributed by atoms with E-state index in [0.717, 1.165) is 43.7 Å². The molecule has 1 saturated heterocycles. The number of primary amides is 1. The summed E-state index contributed by atoms with van der Waals surface area (Å²) < 4.78 is 0. The van der Waals surface area contributed by atoms with E-state index in [4.69, 9.17) is 5.73 Å². The molecule has 0 aliphatic carbocycles. The van der Waals surface area contributed by atoms with Crippen LogP contribution in [0.25, 0.3) is 0 Å². The van der Waals surface area contributed by atoms with Gasteiger partial charge in [-0.3, -0.25) is 14.5 Å². The lowest BCUT2D eigenvalue weighted by Gasteiger charge is -2.38. The maximum atomic E-state index is 12.9. The molecule has 6 heteroatoms. The fourth-order valence-corrected chi connectivity index (χ4v) is 4.41. The monoisotopic (exact) mass is 392 g/mol. The molecule has 152 valence electrons. The van der Waals surface area contributed by atoms with Crippen molar-refractivity contribution >= 4 is 17.5 Å². The molecule has 2 aromatic rings. The summed E-state index contributed by atoms with van der Waals surface area (Å²) in [6.07, 6.45) is 1.18. The molecule has 1 unspecified atom stereocenters. The van der Waals surface area contributed by atoms with Crippen molar-refractivity contribution in [1.29, 1.82) is 0 Å². The van der Waals surface area contributed by atoms with Crippen LogP contribution in [0.5, 0.6) is 0 Å². The number of nitrogens with two attached hydrogens (primary N) is 1. The highest BCUT2D eigenvalue weighted by molar-refractivity contribution is 5.88. The summed E-state index contributed by atoms with van der Waals surface area (Å²) in [5, 5.41) is 0. The predicted molar refractivity (Wildman–Crippen MR) is 114 cm³/mol. The number of nitrogens with zero attached hydrogens (tertiary/aromatic N) is 3. The van der Waals surface area contributed by atoms with E-state index >= 15 is 0 Å². The van der Waals surface area contributed by atoms with Crippen molar-refractivity contribution in [2.45, 2.75) is 18.9 Å². The molecule has 2 aliphatic rings. The zero-order chi connectivity index (χ0) is 20.2. The van der Waals surface area contributed by atoms with Crippen LogP contribution in [0.2, 0.25) is 0 Å². The van der Waals surface area contributed by atoms with Crippen LogP contribution in [0.4, 0.5) is 5.69 Å². The van der Waals surface area contributed by atoms with Gasteiger partial charge in [-0.1, -0.05) is 42.5 Å². The molecular formula is C23H28N4O2. The number of piperazine rings is 1. The Balaban J connectivity index is 1.33. The highest BCUT2D eigenvalue weighted by Crippen LogP contribution is 2.30. The van der Waals surface area contributed by atoms with Crippen molar-refractivity contribution in [2.24, 2.45) is 5.73 Å². The third kappa shape index (κ3) is 4.27. The van der Waals surface area contributed by atoms with Crippen LogP contribution < -0.4 is 10.6 Å². The molecule has 2 aliphatic heterocycles. The number of fused-ring (bicyclic) bond motifs is 1. The number of hydrogen-bond acceptors (Lipinski definition) is 4. The van der Waals surface area contributed by atoms with E-state index < -0.39 is 11.9 Å². The van der Waals surface area contributed by atoms with Crippen molar-refractivity contribution < 1.29 is 9.59 Å². The van der Waals surface area contributed by atoms with Crippen molar-refractivity contribution in [1.82, 2.24) is 9.80 Å². The van der Waals surface area contributed by atoms with Crippen molar-refractivity contribution in [3.63, 3.8) is 0 Å². The van der Waals surface area contributed by atoms with Crippen LogP contribution in [0.1, 0.15) is 23.6 Å². The SMILES string of the molecule is NC(=O)C1c2ccccc2CCN1C(=O)CCN1CCN(c2ccccc2)CC1. The van der Waals surface area contributed by atoms with Gasteiger partial charge in [0, 0.05) is 51.4 Å². The lowest BCUT2D eigenvalue weighted by molar-refractivity contribution is -0.140. The van der Waals surface area contributed by atoms with E-state index in [1.807, 2.05) is 30.3 Å². The molecule has 0 aromatic heterocycles. The van der Waals surface area contributed by atoms with Gasteiger partial charge in [0.25, 0.3) is 0 Å². The first-order chi connectivity index (χ1) is 14.1. The van der Waals surface area contributed by atoms with Crippen molar-refractivity contribution in [3.05, 3.63) is 65.7 Å². The molecule has 2 amide bonds. The summed E-state index contributed by atoms with van der Waals surface area (Å²) >= 11 is 0. The Labute approximate surface area is 171 Å². The molecule has 29 heavy (non-hydrogen) atoms. The summed E-state index contributed by atoms with van der Waals surface area (Å²) in [4.78, 5) is 31.4. The van der Waals surface area contributed by atoms with E-state index in [1.165, 1.54) is 5.69 Å². The second kappa shape index (κ2) is 8.66. The number of para-hydroxylation sites is 1. The van der Waals surface area contributed by atoms with Gasteiger partial charge in [0.15, 0.2) is 0 Å². The summed E-state index contributed by atoms with van der Waals surface area (Å²) in [6, 6.07) is 17.6. The second-order valence-electron chi connectivity index (χ2n) is 7.76. The Bertz CT molecular complexity index is 862. The van der Waals surface area contributed by atoms with Gasteiger partial charge in [-0.15, -0.1) is 0 Å². The first kappa shape index (κ1) is 19.5. The number of carbonyl (C=O) groups excluding carboxylic acids is 2. The lowest BCUT2D eigenvalue weighted by atomic mass is 9.92. The fourth-order valence-electron chi connectivity index (χ4n) is 4.41. The fraction of sp³-hybridized carbons (Fsp3) is 0.391. The van der Waals surface area contributed by atoms with Gasteiger partial charge in [0.05, 0.1) is 0 Å². The maximum absolute atomic E-state index is 12.9. The van der Waals surface area contributed by atoms with Gasteiger partial charge in [0.2, 0.25) is 11.8 Å². The first-order valence-electron chi connectivity index (χ1n) is 10.3. The summed E-state index contributed by atoms with van der Waals surface area (Å²) in [7, 11) is 0. The number of amides is 2. The largest absolute Gasteiger partial charge is 0.369 e. The van der Waals surface area contributed by atoms with Gasteiger partial charge in [-0.2, -0.15) is 0 Å². The smallest absolute Gasteiger partial charge is 0.244 e. The third-order valence-corrected chi connectivity index (χ3v) is 6.01. The normalized spacial score (nSPS) is 19.7. The van der Waals surface area contributed by atoms with Crippen LogP contribution in [-0.2, 0) is 16.0 Å². The molecule has 2 aromatic carbocycles. The first-order valence-corrected chi connectivity index (χ1v) is 10.3. The highest BCUT2D eigenvalue weighted by Gasteiger charge is 2.34. The average molecular weight is 393 g/mol. The van der Waals surface area contributed by atoms with E-state index in [9.17, 15) is 9.59 Å². The van der Waals surface area contributed by atoms with E-state index in [1.54, 1.807) is 4.90 Å². The standard InChI is InChI=1S/C23H28N4O2/c24-23(29)22-20-9-5-4-6-18(20)10-13-27(22)21(28)11-12-25-14-16-26(17-15-25)19-7-2-1-3-8-19/h1-9,22H,10-17H2,(H2,24,29). The number of benzene rings is 2. The summed E-state index contributed by atoms with van der Waals surface area (Å²) in [5.41, 5.74) is 8.90. The van der Waals surface area contributed by atoms with Gasteiger partial charge >= 0.3 is 0 Å². The van der Waals surface area contributed by atoms with Crippen LogP contribution in [-0.4, -0.2) is 60.9 Å². The molecule has 2 N–H and O–H groups in total. The third-order valence-electron chi connectivity index (χ3n) is 6.01. The summed E-state index contributed by atoms with van der Waals surface area (Å²) in [6.45, 7) is 5.04. The topological polar surface area (TPSA) is 69.9 Å². The van der Waals surface area contributed by atoms with Crippen LogP contribution in [0.3, 0.4) is 0 Å². The van der Waals surface area contributed by atoms with E-state index in [0.29, 0.717) is 19.5 Å². The molecular weight excluding hydrogens is 364 g/mol. The Kier molecular flexibility index (Phi) is 5.81. The molecule has 1 fully saturated rings. The Morgan fingerprint density at radius 2 is 1.59 bits per heavy atom. The molecule has 0 saturated carbocycles. The van der Waals surface area contributed by atoms with Gasteiger partial charge in [0.1, 0.15) is 6.04 Å². The number of anilines is 1. The second-order valence-corrected chi connectivity index (χ2v) is 7.76. The lowest BCUT2D eigenvalue weighted by Crippen LogP contribution is -2.49. The zero-order valence-corrected chi connectivity index (χ0v) is 16.7. The molecule has 4 rings (SSSR count). The Hall–Kier alpha value is -2.86.